The molecule has 0 atom stereocenters. The molecule has 160 valence electrons. The van der Waals surface area contributed by atoms with E-state index in [0.717, 1.165) is 63.5 Å². The highest BCUT2D eigenvalue weighted by Gasteiger charge is 2.32. The second kappa shape index (κ2) is 9.84. The molecule has 1 aliphatic carbocycles. The summed E-state index contributed by atoms with van der Waals surface area (Å²) in [7, 11) is 0. The largest absolute Gasteiger partial charge is 0.338 e. The Morgan fingerprint density at radius 1 is 1.10 bits per heavy atom. The van der Waals surface area contributed by atoms with E-state index in [0.29, 0.717) is 19.1 Å². The van der Waals surface area contributed by atoms with Gasteiger partial charge < -0.3 is 15.1 Å². The lowest BCUT2D eigenvalue weighted by Crippen LogP contribution is -2.48. The van der Waals surface area contributed by atoms with Gasteiger partial charge in [0.25, 0.3) is 0 Å². The second-order valence-electron chi connectivity index (χ2n) is 7.95. The first kappa shape index (κ1) is 20.5. The van der Waals surface area contributed by atoms with Crippen molar-refractivity contribution in [2.75, 3.05) is 44.2 Å². The highest BCUT2D eigenvalue weighted by atomic mass is 19.1. The molecule has 7 nitrogen and oxygen atoms in total. The van der Waals surface area contributed by atoms with Crippen LogP contribution >= 0.6 is 0 Å². The molecule has 0 spiro atoms. The van der Waals surface area contributed by atoms with Gasteiger partial charge in [-0.25, -0.2) is 19.2 Å². The van der Waals surface area contributed by atoms with Gasteiger partial charge in [0.2, 0.25) is 5.95 Å². The van der Waals surface area contributed by atoms with Crippen LogP contribution in [-0.2, 0) is 6.54 Å². The average Bonchev–Trinajstić information content (AvgIpc) is 3.62. The molecule has 1 aliphatic heterocycles. The van der Waals surface area contributed by atoms with Gasteiger partial charge in [-0.2, -0.15) is 0 Å². The maximum absolute atomic E-state index is 13.1. The maximum Gasteiger partial charge on any atom is 0.317 e. The number of hydrogen-bond acceptors (Lipinski definition) is 5. The Hall–Kier alpha value is -2.74. The molecule has 4 rings (SSSR count). The summed E-state index contributed by atoms with van der Waals surface area (Å²) in [4.78, 5) is 27.8. The first-order chi connectivity index (χ1) is 14.7. The molecule has 1 aromatic carbocycles. The van der Waals surface area contributed by atoms with Crippen LogP contribution in [0, 0.1) is 5.82 Å². The minimum absolute atomic E-state index is 0.0205. The zero-order valence-corrected chi connectivity index (χ0v) is 17.2. The summed E-state index contributed by atoms with van der Waals surface area (Å²) in [6.45, 7) is 5.95. The van der Waals surface area contributed by atoms with E-state index in [-0.39, 0.29) is 11.8 Å². The molecule has 2 aromatic rings. The highest BCUT2D eigenvalue weighted by molar-refractivity contribution is 5.74. The zero-order valence-electron chi connectivity index (χ0n) is 17.2. The number of rotatable bonds is 8. The van der Waals surface area contributed by atoms with E-state index in [4.69, 9.17) is 0 Å². The van der Waals surface area contributed by atoms with Crippen molar-refractivity contribution in [3.05, 3.63) is 54.1 Å². The van der Waals surface area contributed by atoms with Crippen molar-refractivity contribution in [2.24, 2.45) is 0 Å². The summed E-state index contributed by atoms with van der Waals surface area (Å²) in [5.41, 5.74) is 0.957. The molecule has 1 N–H and O–H groups in total. The number of piperazine rings is 1. The van der Waals surface area contributed by atoms with Crippen LogP contribution in [0.15, 0.2) is 42.7 Å². The Kier molecular flexibility index (Phi) is 6.74. The van der Waals surface area contributed by atoms with E-state index in [1.54, 1.807) is 24.5 Å². The Bertz CT molecular complexity index is 806. The van der Waals surface area contributed by atoms with Crippen molar-refractivity contribution in [3.8, 4) is 0 Å². The number of anilines is 1. The van der Waals surface area contributed by atoms with Crippen LogP contribution in [0.2, 0.25) is 0 Å². The minimum Gasteiger partial charge on any atom is -0.338 e. The number of benzene rings is 1. The van der Waals surface area contributed by atoms with Gasteiger partial charge in [0.05, 0.1) is 0 Å². The van der Waals surface area contributed by atoms with E-state index >= 15 is 0 Å². The van der Waals surface area contributed by atoms with Gasteiger partial charge in [0.15, 0.2) is 0 Å². The zero-order chi connectivity index (χ0) is 20.8. The first-order valence-electron chi connectivity index (χ1n) is 10.7. The van der Waals surface area contributed by atoms with E-state index in [1.807, 2.05) is 11.0 Å². The highest BCUT2D eigenvalue weighted by Crippen LogP contribution is 2.28. The topological polar surface area (TPSA) is 64.6 Å². The number of nitrogens with one attached hydrogen (secondary N) is 1. The van der Waals surface area contributed by atoms with Crippen molar-refractivity contribution in [2.45, 2.75) is 31.8 Å². The van der Waals surface area contributed by atoms with Gasteiger partial charge in [-0.15, -0.1) is 0 Å². The van der Waals surface area contributed by atoms with Crippen molar-refractivity contribution in [1.82, 2.24) is 25.1 Å². The number of carbonyl (C=O) groups is 1. The van der Waals surface area contributed by atoms with Crippen molar-refractivity contribution >= 4 is 12.0 Å². The fraction of sp³-hybridized carbons (Fsp3) is 0.500. The summed E-state index contributed by atoms with van der Waals surface area (Å²) in [6.07, 6.45) is 6.56. The number of halogens is 1. The maximum atomic E-state index is 13.1. The normalized spacial score (nSPS) is 17.0. The smallest absolute Gasteiger partial charge is 0.317 e. The molecule has 2 aliphatic rings. The van der Waals surface area contributed by atoms with Crippen LogP contribution in [-0.4, -0.2) is 71.1 Å². The van der Waals surface area contributed by atoms with Gasteiger partial charge in [-0.05, 0) is 49.6 Å². The number of nitrogens with zero attached hydrogens (tertiary/aromatic N) is 5. The van der Waals surface area contributed by atoms with Crippen molar-refractivity contribution in [1.29, 1.82) is 0 Å². The van der Waals surface area contributed by atoms with Crippen LogP contribution in [0.25, 0.3) is 0 Å². The summed E-state index contributed by atoms with van der Waals surface area (Å²) in [5.74, 6) is 0.545. The fourth-order valence-electron chi connectivity index (χ4n) is 3.76. The summed E-state index contributed by atoms with van der Waals surface area (Å²) in [5, 5.41) is 3.07. The lowest BCUT2D eigenvalue weighted by molar-refractivity contribution is 0.190. The molecule has 2 heterocycles. The Morgan fingerprint density at radius 2 is 1.80 bits per heavy atom. The molecule has 0 unspecified atom stereocenters. The number of urea groups is 1. The number of amides is 2. The van der Waals surface area contributed by atoms with E-state index in [1.165, 1.54) is 12.1 Å². The van der Waals surface area contributed by atoms with Gasteiger partial charge in [-0.1, -0.05) is 12.1 Å². The standard InChI is InChI=1S/C22H29FN6O/c23-19-5-3-18(4-6-19)17-29(20-7-8-20)22(30)26-11-2-12-27-13-15-28(16-14-27)21-24-9-1-10-25-21/h1,3-6,9-10,20H,2,7-8,11-17H2,(H,26,30). The Morgan fingerprint density at radius 3 is 2.47 bits per heavy atom. The molecule has 1 saturated carbocycles. The van der Waals surface area contributed by atoms with E-state index in [9.17, 15) is 9.18 Å². The molecule has 8 heteroatoms. The lowest BCUT2D eigenvalue weighted by Gasteiger charge is -2.34. The molecule has 2 amide bonds. The molecule has 30 heavy (non-hydrogen) atoms. The van der Waals surface area contributed by atoms with Crippen LogP contribution in [0.3, 0.4) is 0 Å². The fourth-order valence-corrected chi connectivity index (χ4v) is 3.76. The van der Waals surface area contributed by atoms with E-state index < -0.39 is 0 Å². The third kappa shape index (κ3) is 5.66. The molecule has 0 bridgehead atoms. The third-order valence-electron chi connectivity index (χ3n) is 5.65. The van der Waals surface area contributed by atoms with Crippen LogP contribution in [0.4, 0.5) is 15.1 Å². The van der Waals surface area contributed by atoms with Crippen molar-refractivity contribution < 1.29 is 9.18 Å². The summed E-state index contributed by atoms with van der Waals surface area (Å²) >= 11 is 0. The van der Waals surface area contributed by atoms with Crippen LogP contribution in [0.5, 0.6) is 0 Å². The predicted octanol–water partition coefficient (Wildman–Crippen LogP) is 2.50. The Labute approximate surface area is 176 Å². The monoisotopic (exact) mass is 412 g/mol. The SMILES string of the molecule is O=C(NCCCN1CCN(c2ncccn2)CC1)N(Cc1ccc(F)cc1)C1CC1. The quantitative estimate of drug-likeness (QED) is 0.675. The molecule has 0 radical (unpaired) electrons. The second-order valence-corrected chi connectivity index (χ2v) is 7.95. The lowest BCUT2D eigenvalue weighted by atomic mass is 10.2. The summed E-state index contributed by atoms with van der Waals surface area (Å²) in [6, 6.07) is 8.51. The van der Waals surface area contributed by atoms with E-state index in [2.05, 4.69) is 25.1 Å². The molecular formula is C22H29FN6O. The molecule has 2 fully saturated rings. The predicted molar refractivity (Wildman–Crippen MR) is 114 cm³/mol. The average molecular weight is 413 g/mol. The van der Waals surface area contributed by atoms with Gasteiger partial charge in [0, 0.05) is 57.7 Å². The molecular weight excluding hydrogens is 383 g/mol. The van der Waals surface area contributed by atoms with Gasteiger partial charge in [-0.3, -0.25) is 4.90 Å². The first-order valence-corrected chi connectivity index (χ1v) is 10.7. The van der Waals surface area contributed by atoms with Crippen LogP contribution < -0.4 is 10.2 Å². The number of hydrogen-bond donors (Lipinski definition) is 1. The van der Waals surface area contributed by atoms with Gasteiger partial charge >= 0.3 is 6.03 Å². The van der Waals surface area contributed by atoms with Gasteiger partial charge in [0.1, 0.15) is 5.82 Å². The summed E-state index contributed by atoms with van der Waals surface area (Å²) < 4.78 is 13.1. The third-order valence-corrected chi connectivity index (χ3v) is 5.65. The molecule has 1 aromatic heterocycles. The minimum atomic E-state index is -0.252. The van der Waals surface area contributed by atoms with Crippen molar-refractivity contribution in [3.63, 3.8) is 0 Å². The molecule has 1 saturated heterocycles. The Balaban J connectivity index is 1.16. The van der Waals surface area contributed by atoms with Crippen LogP contribution in [0.1, 0.15) is 24.8 Å². The number of aromatic nitrogens is 2. The number of carbonyl (C=O) groups excluding carboxylic acids is 1.